The Bertz CT molecular complexity index is 1250. The van der Waals surface area contributed by atoms with Gasteiger partial charge < -0.3 is 10.0 Å². The molecule has 3 aromatic carbocycles. The van der Waals surface area contributed by atoms with Crippen LogP contribution in [-0.2, 0) is 23.6 Å². The van der Waals surface area contributed by atoms with Crippen molar-refractivity contribution in [3.63, 3.8) is 0 Å². The van der Waals surface area contributed by atoms with E-state index in [0.717, 1.165) is 27.8 Å². The predicted octanol–water partition coefficient (Wildman–Crippen LogP) is 6.20. The number of benzene rings is 3. The van der Waals surface area contributed by atoms with Gasteiger partial charge in [-0.05, 0) is 41.0 Å². The summed E-state index contributed by atoms with van der Waals surface area (Å²) in [5.74, 6) is -2.45. The topological polar surface area (TPSA) is 57.6 Å². The number of halogens is 6. The third-order valence-corrected chi connectivity index (χ3v) is 5.37. The first-order valence-corrected chi connectivity index (χ1v) is 10.2. The first kappa shape index (κ1) is 25.8. The highest BCUT2D eigenvalue weighted by molar-refractivity contribution is 5.95. The van der Waals surface area contributed by atoms with Crippen molar-refractivity contribution in [2.24, 2.45) is 0 Å². The van der Waals surface area contributed by atoms with E-state index in [-0.39, 0.29) is 12.5 Å². The van der Waals surface area contributed by atoms with Gasteiger partial charge in [-0.2, -0.15) is 26.3 Å². The molecule has 1 amide bonds. The zero-order chi connectivity index (χ0) is 26.0. The number of carboxylic acid groups (broad SMARTS) is 1. The molecule has 3 rings (SSSR count). The van der Waals surface area contributed by atoms with E-state index < -0.39 is 47.0 Å². The van der Waals surface area contributed by atoms with Crippen molar-refractivity contribution in [2.75, 3.05) is 7.05 Å². The number of carbonyl (C=O) groups is 2. The number of hydrogen-bond acceptors (Lipinski definition) is 2. The summed E-state index contributed by atoms with van der Waals surface area (Å²) in [7, 11) is 1.19. The molecule has 0 fully saturated rings. The number of aliphatic carboxylic acids is 1. The molecule has 35 heavy (non-hydrogen) atoms. The van der Waals surface area contributed by atoms with E-state index in [9.17, 15) is 35.9 Å². The van der Waals surface area contributed by atoms with Crippen LogP contribution in [0.3, 0.4) is 0 Å². The molecule has 0 saturated heterocycles. The molecule has 0 aromatic heterocycles. The van der Waals surface area contributed by atoms with Crippen LogP contribution in [0.15, 0.2) is 72.8 Å². The monoisotopic (exact) mass is 495 g/mol. The maximum Gasteiger partial charge on any atom is 0.416 e. The van der Waals surface area contributed by atoms with Crippen molar-refractivity contribution in [2.45, 2.75) is 24.8 Å². The van der Waals surface area contributed by atoms with E-state index in [1.54, 1.807) is 12.1 Å². The Morgan fingerprint density at radius 2 is 1.46 bits per heavy atom. The van der Waals surface area contributed by atoms with Crippen molar-refractivity contribution >= 4 is 22.6 Å². The van der Waals surface area contributed by atoms with E-state index >= 15 is 0 Å². The minimum Gasteiger partial charge on any atom is -0.478 e. The molecule has 0 bridgehead atoms. The maximum atomic E-state index is 13.2. The van der Waals surface area contributed by atoms with Crippen LogP contribution in [-0.4, -0.2) is 35.0 Å². The van der Waals surface area contributed by atoms with Gasteiger partial charge in [-0.25, -0.2) is 4.79 Å². The first-order chi connectivity index (χ1) is 16.3. The standard InChI is InChI=1S/C25H19F6NO3/c1-32(23(35)18-12-19(24(26,27)28)14-20(13-18)25(29,30)31)21(8-9-22(33)34)11-15-6-7-16-4-2-3-5-17(16)10-15/h2-10,12-14,21H,11H2,1H3,(H,33,34)/t21-/m0/s1. The smallest absolute Gasteiger partial charge is 0.416 e. The van der Waals surface area contributed by atoms with Gasteiger partial charge in [0.25, 0.3) is 5.91 Å². The summed E-state index contributed by atoms with van der Waals surface area (Å²) in [4.78, 5) is 25.0. The summed E-state index contributed by atoms with van der Waals surface area (Å²) in [5, 5.41) is 10.8. The second kappa shape index (κ2) is 9.81. The number of carbonyl (C=O) groups excluding carboxylic acids is 1. The lowest BCUT2D eigenvalue weighted by atomic mass is 9.99. The molecule has 0 saturated carbocycles. The SMILES string of the molecule is CN(C(=O)c1cc(C(F)(F)F)cc(C(F)(F)F)c1)[C@@H](C=CC(=O)O)Cc1ccc2ccccc2c1. The molecule has 0 unspecified atom stereocenters. The third kappa shape index (κ3) is 6.40. The van der Waals surface area contributed by atoms with Crippen molar-refractivity contribution in [1.29, 1.82) is 0 Å². The fraction of sp³-hybridized carbons (Fsp3) is 0.200. The molecule has 1 N–H and O–H groups in total. The molecule has 184 valence electrons. The zero-order valence-electron chi connectivity index (χ0n) is 18.2. The number of amides is 1. The average Bonchev–Trinajstić information content (AvgIpc) is 2.79. The number of likely N-dealkylation sites (N-methyl/N-ethyl adjacent to an activating group) is 1. The Morgan fingerprint density at radius 1 is 0.886 bits per heavy atom. The van der Waals surface area contributed by atoms with Crippen molar-refractivity contribution < 1.29 is 41.0 Å². The minimum atomic E-state index is -5.11. The van der Waals surface area contributed by atoms with E-state index in [4.69, 9.17) is 5.11 Å². The summed E-state index contributed by atoms with van der Waals surface area (Å²) in [6.07, 6.45) is -8.22. The Labute approximate surface area is 196 Å². The molecule has 3 aromatic rings. The van der Waals surface area contributed by atoms with E-state index in [0.29, 0.717) is 17.7 Å². The fourth-order valence-electron chi connectivity index (χ4n) is 3.57. The molecule has 0 aliphatic heterocycles. The van der Waals surface area contributed by atoms with Gasteiger partial charge in [0, 0.05) is 18.7 Å². The lowest BCUT2D eigenvalue weighted by molar-refractivity contribution is -0.143. The number of alkyl halides is 6. The average molecular weight is 495 g/mol. The van der Waals surface area contributed by atoms with E-state index in [1.807, 2.05) is 30.3 Å². The molecule has 0 spiro atoms. The maximum absolute atomic E-state index is 13.2. The lowest BCUT2D eigenvalue weighted by Gasteiger charge is -2.27. The minimum absolute atomic E-state index is 0.0618. The number of rotatable bonds is 6. The first-order valence-electron chi connectivity index (χ1n) is 10.2. The summed E-state index contributed by atoms with van der Waals surface area (Å²) < 4.78 is 79.3. The van der Waals surface area contributed by atoms with Gasteiger partial charge in [-0.1, -0.05) is 48.5 Å². The molecule has 10 heteroatoms. The van der Waals surface area contributed by atoms with Crippen LogP contribution in [0, 0.1) is 0 Å². The van der Waals surface area contributed by atoms with Crippen LogP contribution < -0.4 is 0 Å². The Balaban J connectivity index is 1.99. The second-order valence-electron chi connectivity index (χ2n) is 7.86. The van der Waals surface area contributed by atoms with Crippen molar-refractivity contribution in [3.8, 4) is 0 Å². The quantitative estimate of drug-likeness (QED) is 0.327. The van der Waals surface area contributed by atoms with Crippen LogP contribution in [0.2, 0.25) is 0 Å². The van der Waals surface area contributed by atoms with Gasteiger partial charge in [0.15, 0.2) is 0 Å². The number of fused-ring (bicyclic) bond motifs is 1. The van der Waals surface area contributed by atoms with Gasteiger partial charge in [-0.3, -0.25) is 4.79 Å². The number of hydrogen-bond donors (Lipinski definition) is 1. The predicted molar refractivity (Wildman–Crippen MR) is 117 cm³/mol. The molecular formula is C25H19F6NO3. The lowest BCUT2D eigenvalue weighted by Crippen LogP contribution is -2.37. The van der Waals surface area contributed by atoms with Gasteiger partial charge in [-0.15, -0.1) is 0 Å². The van der Waals surface area contributed by atoms with Crippen LogP contribution in [0.1, 0.15) is 27.0 Å². The van der Waals surface area contributed by atoms with Gasteiger partial charge in [0.05, 0.1) is 17.2 Å². The zero-order valence-corrected chi connectivity index (χ0v) is 18.2. The van der Waals surface area contributed by atoms with Crippen LogP contribution >= 0.6 is 0 Å². The van der Waals surface area contributed by atoms with Crippen molar-refractivity contribution in [1.82, 2.24) is 4.90 Å². The summed E-state index contributed by atoms with van der Waals surface area (Å²) in [6.45, 7) is 0. The fourth-order valence-corrected chi connectivity index (χ4v) is 3.57. The Morgan fingerprint density at radius 3 is 2.00 bits per heavy atom. The molecule has 0 aliphatic carbocycles. The van der Waals surface area contributed by atoms with Crippen LogP contribution in [0.4, 0.5) is 26.3 Å². The molecular weight excluding hydrogens is 476 g/mol. The molecule has 0 aliphatic rings. The van der Waals surface area contributed by atoms with E-state index in [1.165, 1.54) is 7.05 Å². The number of carboxylic acids is 1. The summed E-state index contributed by atoms with van der Waals surface area (Å²) in [6, 6.07) is 12.4. The second-order valence-corrected chi connectivity index (χ2v) is 7.86. The van der Waals surface area contributed by atoms with Crippen LogP contribution in [0.25, 0.3) is 10.8 Å². The highest BCUT2D eigenvalue weighted by Gasteiger charge is 2.38. The molecule has 0 heterocycles. The van der Waals surface area contributed by atoms with Gasteiger partial charge in [0.1, 0.15) is 0 Å². The van der Waals surface area contributed by atoms with Gasteiger partial charge in [0.2, 0.25) is 0 Å². The van der Waals surface area contributed by atoms with E-state index in [2.05, 4.69) is 0 Å². The highest BCUT2D eigenvalue weighted by Crippen LogP contribution is 2.36. The van der Waals surface area contributed by atoms with Crippen LogP contribution in [0.5, 0.6) is 0 Å². The highest BCUT2D eigenvalue weighted by atomic mass is 19.4. The third-order valence-electron chi connectivity index (χ3n) is 5.37. The molecule has 0 radical (unpaired) electrons. The summed E-state index contributed by atoms with van der Waals surface area (Å²) >= 11 is 0. The Hall–Kier alpha value is -3.82. The van der Waals surface area contributed by atoms with Crippen molar-refractivity contribution in [3.05, 3.63) is 95.1 Å². The molecule has 1 atom stereocenters. The summed E-state index contributed by atoms with van der Waals surface area (Å²) in [5.41, 5.74) is -3.36. The number of nitrogens with zero attached hydrogens (tertiary/aromatic N) is 1. The normalized spacial score (nSPS) is 13.2. The molecule has 4 nitrogen and oxygen atoms in total. The largest absolute Gasteiger partial charge is 0.478 e. The van der Waals surface area contributed by atoms with Gasteiger partial charge >= 0.3 is 18.3 Å². The Kier molecular flexibility index (Phi) is 7.23.